The average Bonchev–Trinajstić information content (AvgIpc) is 3.17. The van der Waals surface area contributed by atoms with Crippen molar-refractivity contribution in [1.29, 1.82) is 0 Å². The summed E-state index contributed by atoms with van der Waals surface area (Å²) in [7, 11) is 0. The van der Waals surface area contributed by atoms with Crippen molar-refractivity contribution in [1.82, 2.24) is 4.90 Å². The lowest BCUT2D eigenvalue weighted by Gasteiger charge is -2.25. The lowest BCUT2D eigenvalue weighted by Crippen LogP contribution is -2.30. The van der Waals surface area contributed by atoms with Gasteiger partial charge in [0.05, 0.1) is 6.10 Å². The van der Waals surface area contributed by atoms with E-state index in [9.17, 15) is 18.7 Å². The lowest BCUT2D eigenvalue weighted by atomic mass is 9.81. The molecule has 3 nitrogen and oxygen atoms in total. The van der Waals surface area contributed by atoms with Gasteiger partial charge >= 0.3 is 0 Å². The first-order valence-electron chi connectivity index (χ1n) is 9.46. The average molecular weight is 371 g/mol. The summed E-state index contributed by atoms with van der Waals surface area (Å²) in [6, 6.07) is 10.4. The molecule has 2 aromatic carbocycles. The summed E-state index contributed by atoms with van der Waals surface area (Å²) < 4.78 is 26.5. The molecule has 1 saturated heterocycles. The summed E-state index contributed by atoms with van der Waals surface area (Å²) in [4.78, 5) is 14.5. The molecule has 0 bridgehead atoms. The number of halogens is 2. The van der Waals surface area contributed by atoms with Crippen molar-refractivity contribution in [2.45, 2.75) is 37.2 Å². The summed E-state index contributed by atoms with van der Waals surface area (Å²) in [6.45, 7) is 2.54. The van der Waals surface area contributed by atoms with Gasteiger partial charge in [-0.05, 0) is 79.9 Å². The van der Waals surface area contributed by atoms with Gasteiger partial charge in [0.1, 0.15) is 11.6 Å². The van der Waals surface area contributed by atoms with E-state index in [2.05, 4.69) is 4.90 Å². The van der Waals surface area contributed by atoms with E-state index in [1.54, 1.807) is 0 Å². The minimum Gasteiger partial charge on any atom is -0.388 e. The molecule has 27 heavy (non-hydrogen) atoms. The van der Waals surface area contributed by atoms with Crippen LogP contribution in [-0.2, 0) is 5.41 Å². The number of hydrogen-bond donors (Lipinski definition) is 1. The molecule has 2 aliphatic rings. The highest BCUT2D eigenvalue weighted by Gasteiger charge is 2.47. The van der Waals surface area contributed by atoms with Crippen molar-refractivity contribution in [3.63, 3.8) is 0 Å². The molecule has 1 fully saturated rings. The highest BCUT2D eigenvalue weighted by atomic mass is 19.1. The molecule has 1 spiro atoms. The summed E-state index contributed by atoms with van der Waals surface area (Å²) in [6.07, 6.45) is 2.14. The van der Waals surface area contributed by atoms with Gasteiger partial charge in [-0.1, -0.05) is 6.07 Å². The van der Waals surface area contributed by atoms with E-state index in [4.69, 9.17) is 0 Å². The Kier molecular flexibility index (Phi) is 4.82. The molecule has 1 heterocycles. The fourth-order valence-electron chi connectivity index (χ4n) is 4.66. The molecule has 2 aromatic rings. The number of likely N-dealkylation sites (tertiary alicyclic amines) is 1. The maximum atomic E-state index is 13.5. The van der Waals surface area contributed by atoms with Crippen molar-refractivity contribution in [2.24, 2.45) is 0 Å². The smallest absolute Gasteiger partial charge is 0.162 e. The van der Waals surface area contributed by atoms with Gasteiger partial charge in [-0.3, -0.25) is 4.79 Å². The number of fused-ring (bicyclic) bond motifs is 2. The van der Waals surface area contributed by atoms with Crippen molar-refractivity contribution in [3.8, 4) is 0 Å². The number of aliphatic hydroxyl groups excluding tert-OH is 1. The van der Waals surface area contributed by atoms with Gasteiger partial charge in [0, 0.05) is 23.9 Å². The van der Waals surface area contributed by atoms with Crippen molar-refractivity contribution >= 4 is 5.78 Å². The van der Waals surface area contributed by atoms with Crippen LogP contribution in [0.2, 0.25) is 0 Å². The number of aliphatic hydroxyl groups is 1. The molecule has 142 valence electrons. The van der Waals surface area contributed by atoms with Crippen LogP contribution in [0, 0.1) is 11.6 Å². The second-order valence-corrected chi connectivity index (χ2v) is 7.79. The molecule has 1 aliphatic carbocycles. The molecule has 4 rings (SSSR count). The standard InChI is InChI=1S/C22H23F2NO2/c23-16-5-3-15(4-6-16)20(26)2-1-10-25-11-9-22(14-25)13-21(27)18-12-17(24)7-8-19(18)22/h3-8,12,21,27H,1-2,9-11,13-14H2. The van der Waals surface area contributed by atoms with Crippen LogP contribution in [0.1, 0.15) is 53.3 Å². The van der Waals surface area contributed by atoms with Crippen LogP contribution >= 0.6 is 0 Å². The van der Waals surface area contributed by atoms with Gasteiger partial charge < -0.3 is 10.0 Å². The first kappa shape index (κ1) is 18.3. The van der Waals surface area contributed by atoms with Gasteiger partial charge in [0.15, 0.2) is 5.78 Å². The Morgan fingerprint density at radius 3 is 2.67 bits per heavy atom. The second kappa shape index (κ2) is 7.13. The van der Waals surface area contributed by atoms with Crippen molar-refractivity contribution in [2.75, 3.05) is 19.6 Å². The van der Waals surface area contributed by atoms with E-state index in [0.717, 1.165) is 43.6 Å². The maximum Gasteiger partial charge on any atom is 0.162 e. The number of carbonyl (C=O) groups excluding carboxylic acids is 1. The monoisotopic (exact) mass is 371 g/mol. The zero-order valence-corrected chi connectivity index (χ0v) is 15.1. The van der Waals surface area contributed by atoms with Gasteiger partial charge in [0.25, 0.3) is 0 Å². The number of rotatable bonds is 5. The third-order valence-corrected chi connectivity index (χ3v) is 6.01. The van der Waals surface area contributed by atoms with E-state index < -0.39 is 6.10 Å². The lowest BCUT2D eigenvalue weighted by molar-refractivity contribution is 0.0975. The molecule has 1 N–H and O–H groups in total. The molecule has 2 unspecified atom stereocenters. The molecule has 5 heteroatoms. The van der Waals surface area contributed by atoms with Gasteiger partial charge in [0.2, 0.25) is 0 Å². The Hall–Kier alpha value is -2.11. The van der Waals surface area contributed by atoms with Crippen molar-refractivity contribution in [3.05, 3.63) is 70.8 Å². The maximum absolute atomic E-state index is 13.5. The Morgan fingerprint density at radius 2 is 1.89 bits per heavy atom. The molecule has 0 aromatic heterocycles. The molecule has 0 radical (unpaired) electrons. The molecule has 2 atom stereocenters. The summed E-state index contributed by atoms with van der Waals surface area (Å²) in [5.41, 5.74) is 2.23. The van der Waals surface area contributed by atoms with Crippen LogP contribution in [0.15, 0.2) is 42.5 Å². The normalized spacial score (nSPS) is 24.5. The highest BCUT2D eigenvalue weighted by Crippen LogP contribution is 2.50. The van der Waals surface area contributed by atoms with Crippen LogP contribution in [-0.4, -0.2) is 35.4 Å². The van der Waals surface area contributed by atoms with Crippen molar-refractivity contribution < 1.29 is 18.7 Å². The Morgan fingerprint density at radius 1 is 1.15 bits per heavy atom. The molecule has 1 aliphatic heterocycles. The topological polar surface area (TPSA) is 40.5 Å². The number of nitrogens with zero attached hydrogens (tertiary/aromatic N) is 1. The predicted molar refractivity (Wildman–Crippen MR) is 98.7 cm³/mol. The number of carbonyl (C=O) groups is 1. The Bertz CT molecular complexity index is 852. The fourth-order valence-corrected chi connectivity index (χ4v) is 4.66. The van der Waals surface area contributed by atoms with E-state index in [-0.39, 0.29) is 22.8 Å². The third-order valence-electron chi connectivity index (χ3n) is 6.01. The number of hydrogen-bond acceptors (Lipinski definition) is 3. The quantitative estimate of drug-likeness (QED) is 0.808. The summed E-state index contributed by atoms with van der Waals surface area (Å²) in [5, 5.41) is 10.4. The SMILES string of the molecule is O=C(CCCN1CCC2(CC(O)c3cc(F)ccc32)C1)c1ccc(F)cc1. The van der Waals surface area contributed by atoms with Crippen LogP contribution in [0.25, 0.3) is 0 Å². The zero-order valence-electron chi connectivity index (χ0n) is 15.1. The minimum absolute atomic E-state index is 0.0287. The second-order valence-electron chi connectivity index (χ2n) is 7.79. The van der Waals surface area contributed by atoms with Gasteiger partial charge in [-0.25, -0.2) is 8.78 Å². The number of Topliss-reactive ketones (excluding diaryl/α,β-unsaturated/α-hetero) is 1. The zero-order chi connectivity index (χ0) is 19.0. The molecular formula is C22H23F2NO2. The summed E-state index contributed by atoms with van der Waals surface area (Å²) in [5.74, 6) is -0.618. The third kappa shape index (κ3) is 3.54. The van der Waals surface area contributed by atoms with E-state index >= 15 is 0 Å². The first-order valence-corrected chi connectivity index (χ1v) is 9.46. The molecular weight excluding hydrogens is 348 g/mol. The molecule has 0 saturated carbocycles. The van der Waals surface area contributed by atoms with E-state index in [1.807, 2.05) is 6.07 Å². The van der Waals surface area contributed by atoms with E-state index in [1.165, 1.54) is 36.4 Å². The van der Waals surface area contributed by atoms with Crippen LogP contribution in [0.5, 0.6) is 0 Å². The Labute approximate surface area is 157 Å². The largest absolute Gasteiger partial charge is 0.388 e. The van der Waals surface area contributed by atoms with Crippen LogP contribution < -0.4 is 0 Å². The van der Waals surface area contributed by atoms with Gasteiger partial charge in [-0.2, -0.15) is 0 Å². The van der Waals surface area contributed by atoms with Gasteiger partial charge in [-0.15, -0.1) is 0 Å². The van der Waals surface area contributed by atoms with Crippen LogP contribution in [0.4, 0.5) is 8.78 Å². The molecule has 0 amide bonds. The van der Waals surface area contributed by atoms with Crippen LogP contribution in [0.3, 0.4) is 0 Å². The Balaban J connectivity index is 1.34. The minimum atomic E-state index is -0.601. The number of ketones is 1. The fraction of sp³-hybridized carbons (Fsp3) is 0.409. The summed E-state index contributed by atoms with van der Waals surface area (Å²) >= 11 is 0. The number of benzene rings is 2. The highest BCUT2D eigenvalue weighted by molar-refractivity contribution is 5.95. The predicted octanol–water partition coefficient (Wildman–Crippen LogP) is 4.01. The first-order chi connectivity index (χ1) is 13.0. The van der Waals surface area contributed by atoms with E-state index in [0.29, 0.717) is 18.4 Å².